The van der Waals surface area contributed by atoms with Gasteiger partial charge in [0.25, 0.3) is 5.91 Å². The largest absolute Gasteiger partial charge is 0.387 e. The molecule has 0 aliphatic heterocycles. The Balaban J connectivity index is 1.81. The Bertz CT molecular complexity index is 784. The van der Waals surface area contributed by atoms with Crippen molar-refractivity contribution < 1.29 is 23.1 Å². The first-order valence-corrected chi connectivity index (χ1v) is 7.46. The van der Waals surface area contributed by atoms with E-state index in [0.717, 1.165) is 6.07 Å². The molecule has 1 aromatic heterocycles. The Morgan fingerprint density at radius 2 is 2.17 bits per heavy atom. The highest BCUT2D eigenvalue weighted by atomic mass is 19.1. The Hall–Kier alpha value is -2.41. The van der Waals surface area contributed by atoms with E-state index in [1.54, 1.807) is 0 Å². The maximum absolute atomic E-state index is 15.3. The summed E-state index contributed by atoms with van der Waals surface area (Å²) in [6.45, 7) is -0.269. The highest BCUT2D eigenvalue weighted by Gasteiger charge is 2.46. The third-order valence-electron chi connectivity index (χ3n) is 4.16. The number of rotatable bonds is 3. The lowest BCUT2D eigenvalue weighted by molar-refractivity contribution is -0.135. The minimum Gasteiger partial charge on any atom is -0.387 e. The van der Waals surface area contributed by atoms with Gasteiger partial charge in [0.1, 0.15) is 11.6 Å². The van der Waals surface area contributed by atoms with Crippen LogP contribution in [-0.2, 0) is 17.0 Å². The average molecular weight is 336 g/mol. The number of hydrogen-bond acceptors (Lipinski definition) is 3. The van der Waals surface area contributed by atoms with Crippen molar-refractivity contribution in [2.24, 2.45) is 0 Å². The van der Waals surface area contributed by atoms with Crippen LogP contribution in [0.25, 0.3) is 0 Å². The molecule has 1 aliphatic rings. The van der Waals surface area contributed by atoms with Gasteiger partial charge < -0.3 is 10.4 Å². The number of carbonyl (C=O) groups excluding carboxylic acids is 1. The SMILES string of the molecule is O=C(NCc1ccc(F)cc1F)[C@]1(F)CC[C@@H](O)c2ncccc21. The zero-order valence-corrected chi connectivity index (χ0v) is 12.6. The number of carbonyl (C=O) groups is 1. The second-order valence-corrected chi connectivity index (χ2v) is 5.71. The van der Waals surface area contributed by atoms with Crippen molar-refractivity contribution in [1.29, 1.82) is 0 Å². The number of amides is 1. The van der Waals surface area contributed by atoms with Crippen LogP contribution in [0.15, 0.2) is 36.5 Å². The molecule has 0 unspecified atom stereocenters. The van der Waals surface area contributed by atoms with Crippen molar-refractivity contribution in [3.8, 4) is 0 Å². The normalized spacial score (nSPS) is 22.8. The number of aliphatic hydroxyl groups is 1. The van der Waals surface area contributed by atoms with E-state index in [-0.39, 0.29) is 36.2 Å². The van der Waals surface area contributed by atoms with Crippen LogP contribution < -0.4 is 5.32 Å². The molecule has 2 N–H and O–H groups in total. The van der Waals surface area contributed by atoms with Gasteiger partial charge in [0, 0.05) is 29.9 Å². The second-order valence-electron chi connectivity index (χ2n) is 5.71. The summed E-state index contributed by atoms with van der Waals surface area (Å²) in [7, 11) is 0. The van der Waals surface area contributed by atoms with Crippen molar-refractivity contribution in [2.45, 2.75) is 31.2 Å². The van der Waals surface area contributed by atoms with Crippen LogP contribution in [-0.4, -0.2) is 16.0 Å². The van der Waals surface area contributed by atoms with Gasteiger partial charge in [-0.05, 0) is 25.0 Å². The summed E-state index contributed by atoms with van der Waals surface area (Å²) in [6, 6.07) is 5.84. The fourth-order valence-electron chi connectivity index (χ4n) is 2.84. The summed E-state index contributed by atoms with van der Waals surface area (Å²) in [4.78, 5) is 16.3. The first-order valence-electron chi connectivity index (χ1n) is 7.46. The number of pyridine rings is 1. The zero-order chi connectivity index (χ0) is 17.3. The van der Waals surface area contributed by atoms with Crippen LogP contribution in [0, 0.1) is 11.6 Å². The number of benzene rings is 1. The summed E-state index contributed by atoms with van der Waals surface area (Å²) < 4.78 is 41.8. The number of hydrogen-bond donors (Lipinski definition) is 2. The van der Waals surface area contributed by atoms with Gasteiger partial charge in [-0.2, -0.15) is 0 Å². The van der Waals surface area contributed by atoms with Crippen LogP contribution in [0.1, 0.15) is 35.8 Å². The molecule has 4 nitrogen and oxygen atoms in total. The summed E-state index contributed by atoms with van der Waals surface area (Å²) in [5, 5.41) is 12.2. The summed E-state index contributed by atoms with van der Waals surface area (Å²) in [5.41, 5.74) is -2.15. The van der Waals surface area contributed by atoms with E-state index in [1.807, 2.05) is 0 Å². The monoisotopic (exact) mass is 336 g/mol. The van der Waals surface area contributed by atoms with Crippen molar-refractivity contribution >= 4 is 5.91 Å². The van der Waals surface area contributed by atoms with Gasteiger partial charge in [-0.3, -0.25) is 9.78 Å². The second kappa shape index (κ2) is 6.24. The fraction of sp³-hybridized carbons (Fsp3) is 0.294. The topological polar surface area (TPSA) is 62.2 Å². The lowest BCUT2D eigenvalue weighted by atomic mass is 9.81. The predicted molar refractivity (Wildman–Crippen MR) is 79.4 cm³/mol. The smallest absolute Gasteiger partial charge is 0.262 e. The minimum absolute atomic E-state index is 0.0147. The summed E-state index contributed by atoms with van der Waals surface area (Å²) >= 11 is 0. The highest BCUT2D eigenvalue weighted by Crippen LogP contribution is 2.42. The molecule has 0 bridgehead atoms. The molecule has 1 aromatic carbocycles. The van der Waals surface area contributed by atoms with Crippen LogP contribution in [0.4, 0.5) is 13.2 Å². The molecule has 24 heavy (non-hydrogen) atoms. The molecule has 0 fully saturated rings. The molecule has 0 spiro atoms. The molecule has 126 valence electrons. The minimum atomic E-state index is -2.35. The first kappa shape index (κ1) is 16.4. The lowest BCUT2D eigenvalue weighted by Gasteiger charge is -2.32. The van der Waals surface area contributed by atoms with Crippen molar-refractivity contribution in [3.63, 3.8) is 0 Å². The molecule has 1 heterocycles. The van der Waals surface area contributed by atoms with E-state index in [0.29, 0.717) is 6.07 Å². The maximum Gasteiger partial charge on any atom is 0.262 e. The summed E-state index contributed by atoms with van der Waals surface area (Å²) in [5.74, 6) is -2.48. The molecule has 2 aromatic rings. The molecular formula is C17H15F3N2O2. The number of halogens is 3. The molecule has 0 saturated carbocycles. The number of alkyl halides is 1. The third kappa shape index (κ3) is 2.87. The van der Waals surface area contributed by atoms with Gasteiger partial charge in [-0.15, -0.1) is 0 Å². The Labute approximate surface area is 136 Å². The van der Waals surface area contributed by atoms with Gasteiger partial charge in [0.05, 0.1) is 11.8 Å². The standard InChI is InChI=1S/C17H15F3N2O2/c18-11-4-3-10(13(19)8-11)9-22-16(24)17(20)6-5-14(23)15-12(17)2-1-7-21-15/h1-4,7-8,14,23H,5-6,9H2,(H,22,24)/t14-,17+/m1/s1. The first-order chi connectivity index (χ1) is 11.4. The average Bonchev–Trinajstić information content (AvgIpc) is 2.57. The van der Waals surface area contributed by atoms with Gasteiger partial charge in [0.15, 0.2) is 0 Å². The molecule has 1 aliphatic carbocycles. The van der Waals surface area contributed by atoms with E-state index in [4.69, 9.17) is 0 Å². The van der Waals surface area contributed by atoms with Crippen molar-refractivity contribution in [2.75, 3.05) is 0 Å². The van der Waals surface area contributed by atoms with Gasteiger partial charge >= 0.3 is 0 Å². The van der Waals surface area contributed by atoms with Crippen molar-refractivity contribution in [1.82, 2.24) is 10.3 Å². The van der Waals surface area contributed by atoms with Crippen LogP contribution in [0.2, 0.25) is 0 Å². The third-order valence-corrected chi connectivity index (χ3v) is 4.16. The number of nitrogens with one attached hydrogen (secondary N) is 1. The number of aliphatic hydroxyl groups excluding tert-OH is 1. The highest BCUT2D eigenvalue weighted by molar-refractivity contribution is 5.87. The van der Waals surface area contributed by atoms with E-state index in [1.165, 1.54) is 24.4 Å². The fourth-order valence-corrected chi connectivity index (χ4v) is 2.84. The predicted octanol–water partition coefficient (Wildman–Crippen LogP) is 2.67. The lowest BCUT2D eigenvalue weighted by Crippen LogP contribution is -2.44. The number of aromatic nitrogens is 1. The van der Waals surface area contributed by atoms with Gasteiger partial charge in [-0.1, -0.05) is 12.1 Å². The zero-order valence-electron chi connectivity index (χ0n) is 12.6. The van der Waals surface area contributed by atoms with Crippen LogP contribution in [0.3, 0.4) is 0 Å². The maximum atomic E-state index is 15.3. The quantitative estimate of drug-likeness (QED) is 0.906. The van der Waals surface area contributed by atoms with Gasteiger partial charge in [-0.25, -0.2) is 13.2 Å². The van der Waals surface area contributed by atoms with E-state index in [9.17, 15) is 18.7 Å². The molecular weight excluding hydrogens is 321 g/mol. The Morgan fingerprint density at radius 1 is 1.38 bits per heavy atom. The Kier molecular flexibility index (Phi) is 4.28. The molecule has 3 rings (SSSR count). The van der Waals surface area contributed by atoms with Crippen LogP contribution in [0.5, 0.6) is 0 Å². The number of fused-ring (bicyclic) bond motifs is 1. The molecule has 2 atom stereocenters. The number of nitrogens with zero attached hydrogens (tertiary/aromatic N) is 1. The van der Waals surface area contributed by atoms with Gasteiger partial charge in [0.2, 0.25) is 5.67 Å². The molecule has 0 saturated heterocycles. The van der Waals surface area contributed by atoms with Crippen LogP contribution >= 0.6 is 0 Å². The van der Waals surface area contributed by atoms with E-state index < -0.39 is 29.3 Å². The molecule has 0 radical (unpaired) electrons. The molecule has 1 amide bonds. The molecule has 7 heteroatoms. The summed E-state index contributed by atoms with van der Waals surface area (Å²) in [6.07, 6.45) is 0.343. The Morgan fingerprint density at radius 3 is 2.92 bits per heavy atom. The van der Waals surface area contributed by atoms with E-state index >= 15 is 4.39 Å². The van der Waals surface area contributed by atoms with E-state index in [2.05, 4.69) is 10.3 Å². The van der Waals surface area contributed by atoms with Crippen molar-refractivity contribution in [3.05, 3.63) is 65.0 Å².